The van der Waals surface area contributed by atoms with E-state index in [-0.39, 0.29) is 6.10 Å². The number of ether oxygens (including phenoxy) is 1. The van der Waals surface area contributed by atoms with Gasteiger partial charge in [0.2, 0.25) is 0 Å². The van der Waals surface area contributed by atoms with Crippen molar-refractivity contribution in [1.29, 1.82) is 0 Å². The van der Waals surface area contributed by atoms with Gasteiger partial charge < -0.3 is 15.2 Å². The Hall–Kier alpha value is -1.84. The number of hydrogen-bond acceptors (Lipinski definition) is 3. The van der Waals surface area contributed by atoms with Crippen LogP contribution >= 0.6 is 0 Å². The van der Waals surface area contributed by atoms with E-state index in [2.05, 4.69) is 17.4 Å². The number of hydrogen-bond donors (Lipinski definition) is 2. The maximum absolute atomic E-state index is 10.1. The van der Waals surface area contributed by atoms with Gasteiger partial charge in [0.15, 0.2) is 0 Å². The van der Waals surface area contributed by atoms with Crippen molar-refractivity contribution in [1.82, 2.24) is 5.32 Å². The average molecular weight is 283 g/mol. The third kappa shape index (κ3) is 3.63. The topological polar surface area (TPSA) is 41.5 Å². The monoisotopic (exact) mass is 283 g/mol. The molecule has 2 aromatic rings. The molecule has 0 saturated heterocycles. The number of nitrogens with one attached hydrogen (secondary N) is 1. The number of aryl methyl sites for hydroxylation is 1. The van der Waals surface area contributed by atoms with Crippen LogP contribution in [0, 0.1) is 0 Å². The highest BCUT2D eigenvalue weighted by Crippen LogP contribution is 2.26. The number of aliphatic hydroxyl groups excluding tert-OH is 1. The van der Waals surface area contributed by atoms with Gasteiger partial charge in [0.05, 0.1) is 6.10 Å². The Kier molecular flexibility index (Phi) is 4.53. The van der Waals surface area contributed by atoms with Crippen molar-refractivity contribution in [2.24, 2.45) is 0 Å². The summed E-state index contributed by atoms with van der Waals surface area (Å²) in [6.07, 6.45) is 1.79. The summed E-state index contributed by atoms with van der Waals surface area (Å²) in [5.41, 5.74) is 2.23. The quantitative estimate of drug-likeness (QED) is 0.886. The minimum Gasteiger partial charge on any atom is -0.489 e. The van der Waals surface area contributed by atoms with Gasteiger partial charge in [0, 0.05) is 13.1 Å². The smallest absolute Gasteiger partial charge is 0.122 e. The second-order valence-corrected chi connectivity index (χ2v) is 5.47. The van der Waals surface area contributed by atoms with Gasteiger partial charge in [-0.2, -0.15) is 0 Å². The molecule has 21 heavy (non-hydrogen) atoms. The molecule has 0 bridgehead atoms. The van der Waals surface area contributed by atoms with Gasteiger partial charge in [-0.15, -0.1) is 0 Å². The maximum Gasteiger partial charge on any atom is 0.122 e. The van der Waals surface area contributed by atoms with E-state index < -0.39 is 6.10 Å². The largest absolute Gasteiger partial charge is 0.489 e. The summed E-state index contributed by atoms with van der Waals surface area (Å²) in [6.45, 7) is 1.31. The van der Waals surface area contributed by atoms with Crippen LogP contribution in [0.15, 0.2) is 54.6 Å². The first kappa shape index (κ1) is 14.1. The number of rotatable bonds is 5. The lowest BCUT2D eigenvalue weighted by Gasteiger charge is -2.26. The summed E-state index contributed by atoms with van der Waals surface area (Å²) < 4.78 is 5.98. The first-order valence-electron chi connectivity index (χ1n) is 7.51. The zero-order chi connectivity index (χ0) is 14.5. The minimum atomic E-state index is -0.470. The summed E-state index contributed by atoms with van der Waals surface area (Å²) in [4.78, 5) is 0. The maximum atomic E-state index is 10.1. The van der Waals surface area contributed by atoms with Gasteiger partial charge in [-0.05, 0) is 30.0 Å². The third-order valence-corrected chi connectivity index (χ3v) is 3.90. The van der Waals surface area contributed by atoms with Crippen LogP contribution < -0.4 is 10.1 Å². The fourth-order valence-electron chi connectivity index (χ4n) is 2.70. The van der Waals surface area contributed by atoms with Gasteiger partial charge >= 0.3 is 0 Å². The second kappa shape index (κ2) is 6.74. The van der Waals surface area contributed by atoms with E-state index >= 15 is 0 Å². The van der Waals surface area contributed by atoms with E-state index in [1.165, 1.54) is 5.56 Å². The van der Waals surface area contributed by atoms with Gasteiger partial charge in [-0.3, -0.25) is 0 Å². The molecule has 2 unspecified atom stereocenters. The molecular formula is C18H21NO2. The highest BCUT2D eigenvalue weighted by molar-refractivity contribution is 5.35. The van der Waals surface area contributed by atoms with Crippen LogP contribution in [0.5, 0.6) is 5.75 Å². The Morgan fingerprint density at radius 2 is 1.86 bits per heavy atom. The SMILES string of the molecule is OC(CNCC1CCc2ccccc2O1)c1ccccc1. The lowest BCUT2D eigenvalue weighted by atomic mass is 10.0. The molecule has 0 aromatic heterocycles. The molecule has 0 saturated carbocycles. The van der Waals surface area contributed by atoms with Crippen LogP contribution in [0.3, 0.4) is 0 Å². The molecule has 0 fully saturated rings. The summed E-state index contributed by atoms with van der Waals surface area (Å²) in [5, 5.41) is 13.4. The first-order chi connectivity index (χ1) is 10.3. The van der Waals surface area contributed by atoms with Crippen molar-refractivity contribution in [3.63, 3.8) is 0 Å². The van der Waals surface area contributed by atoms with E-state index in [4.69, 9.17) is 4.74 Å². The van der Waals surface area contributed by atoms with Crippen LogP contribution in [0.2, 0.25) is 0 Å². The van der Waals surface area contributed by atoms with Crippen LogP contribution in [0.25, 0.3) is 0 Å². The summed E-state index contributed by atoms with van der Waals surface area (Å²) in [7, 11) is 0. The van der Waals surface area contributed by atoms with Crippen molar-refractivity contribution in [3.05, 3.63) is 65.7 Å². The molecule has 3 rings (SSSR count). The van der Waals surface area contributed by atoms with Crippen LogP contribution in [-0.2, 0) is 6.42 Å². The fourth-order valence-corrected chi connectivity index (χ4v) is 2.70. The molecule has 0 amide bonds. The van der Waals surface area contributed by atoms with E-state index in [9.17, 15) is 5.11 Å². The van der Waals surface area contributed by atoms with E-state index in [0.717, 1.165) is 30.7 Å². The molecule has 1 aliphatic heterocycles. The zero-order valence-electron chi connectivity index (χ0n) is 12.0. The van der Waals surface area contributed by atoms with Gasteiger partial charge in [0.25, 0.3) is 0 Å². The zero-order valence-corrected chi connectivity index (χ0v) is 12.0. The predicted molar refractivity (Wildman–Crippen MR) is 83.5 cm³/mol. The fraction of sp³-hybridized carbons (Fsp3) is 0.333. The summed E-state index contributed by atoms with van der Waals surface area (Å²) in [6, 6.07) is 17.9. The molecule has 1 aliphatic rings. The van der Waals surface area contributed by atoms with Crippen LogP contribution in [0.1, 0.15) is 23.7 Å². The Morgan fingerprint density at radius 3 is 2.71 bits per heavy atom. The predicted octanol–water partition coefficient (Wildman–Crippen LogP) is 2.70. The number of benzene rings is 2. The normalized spacial score (nSPS) is 18.6. The molecule has 0 spiro atoms. The van der Waals surface area contributed by atoms with Crippen molar-refractivity contribution in [3.8, 4) is 5.75 Å². The minimum absolute atomic E-state index is 0.183. The summed E-state index contributed by atoms with van der Waals surface area (Å²) in [5.74, 6) is 0.999. The number of fused-ring (bicyclic) bond motifs is 1. The molecule has 3 heteroatoms. The number of para-hydroxylation sites is 1. The van der Waals surface area contributed by atoms with Gasteiger partial charge in [-0.25, -0.2) is 0 Å². The van der Waals surface area contributed by atoms with Crippen molar-refractivity contribution < 1.29 is 9.84 Å². The highest BCUT2D eigenvalue weighted by Gasteiger charge is 2.19. The van der Waals surface area contributed by atoms with Crippen molar-refractivity contribution in [2.75, 3.05) is 13.1 Å². The third-order valence-electron chi connectivity index (χ3n) is 3.90. The molecule has 2 atom stereocenters. The molecule has 0 radical (unpaired) electrons. The Bertz CT molecular complexity index is 570. The molecule has 2 N–H and O–H groups in total. The molecule has 0 aliphatic carbocycles. The van der Waals surface area contributed by atoms with Gasteiger partial charge in [-0.1, -0.05) is 48.5 Å². The van der Waals surface area contributed by atoms with E-state index in [1.54, 1.807) is 0 Å². The molecule has 1 heterocycles. The average Bonchev–Trinajstić information content (AvgIpc) is 2.55. The molecular weight excluding hydrogens is 262 g/mol. The van der Waals surface area contributed by atoms with Crippen LogP contribution in [0.4, 0.5) is 0 Å². The highest BCUT2D eigenvalue weighted by atomic mass is 16.5. The van der Waals surface area contributed by atoms with Crippen LogP contribution in [-0.4, -0.2) is 24.3 Å². The lowest BCUT2D eigenvalue weighted by molar-refractivity contribution is 0.146. The van der Waals surface area contributed by atoms with Gasteiger partial charge in [0.1, 0.15) is 11.9 Å². The molecule has 3 nitrogen and oxygen atoms in total. The summed E-state index contributed by atoms with van der Waals surface area (Å²) >= 11 is 0. The standard InChI is InChI=1S/C18H21NO2/c20-17(14-6-2-1-3-7-14)13-19-12-16-11-10-15-8-4-5-9-18(15)21-16/h1-9,16-17,19-20H,10-13H2. The second-order valence-electron chi connectivity index (χ2n) is 5.47. The Labute approximate surface area is 125 Å². The first-order valence-corrected chi connectivity index (χ1v) is 7.51. The van der Waals surface area contributed by atoms with E-state index in [0.29, 0.717) is 6.54 Å². The van der Waals surface area contributed by atoms with E-state index in [1.807, 2.05) is 42.5 Å². The Balaban J connectivity index is 1.47. The molecule has 110 valence electrons. The number of aliphatic hydroxyl groups is 1. The van der Waals surface area contributed by atoms with Crippen molar-refractivity contribution in [2.45, 2.75) is 25.0 Å². The lowest BCUT2D eigenvalue weighted by Crippen LogP contribution is -2.36. The molecule has 2 aromatic carbocycles. The van der Waals surface area contributed by atoms with Crippen molar-refractivity contribution >= 4 is 0 Å². The Morgan fingerprint density at radius 1 is 1.10 bits per heavy atom.